The maximum absolute atomic E-state index is 12.5. The van der Waals surface area contributed by atoms with Gasteiger partial charge in [-0.05, 0) is 29.1 Å². The number of hydrogen-bond donors (Lipinski definition) is 0. The van der Waals surface area contributed by atoms with E-state index < -0.39 is 0 Å². The molecule has 0 saturated carbocycles. The minimum atomic E-state index is -0.189. The first-order chi connectivity index (χ1) is 13.3. The van der Waals surface area contributed by atoms with Gasteiger partial charge in [0.25, 0.3) is 5.91 Å². The van der Waals surface area contributed by atoms with E-state index in [1.807, 2.05) is 70.1 Å². The van der Waals surface area contributed by atoms with Crippen molar-refractivity contribution in [2.24, 2.45) is 4.99 Å². The second-order valence-electron chi connectivity index (χ2n) is 5.98. The van der Waals surface area contributed by atoms with Crippen molar-refractivity contribution in [2.45, 2.75) is 13.0 Å². The van der Waals surface area contributed by atoms with Crippen LogP contribution in [-0.4, -0.2) is 15.5 Å². The zero-order valence-electron chi connectivity index (χ0n) is 14.5. The van der Waals surface area contributed by atoms with Gasteiger partial charge < -0.3 is 4.57 Å². The van der Waals surface area contributed by atoms with Crippen molar-refractivity contribution in [3.8, 4) is 9.88 Å². The SMILES string of the molecule is O=C(Cc1csc(-c2cccs2)n1)N=c1ccccn1Cc1ccccc1. The number of thiophene rings is 1. The lowest BCUT2D eigenvalue weighted by atomic mass is 10.2. The number of benzene rings is 1. The highest BCUT2D eigenvalue weighted by Gasteiger charge is 2.09. The van der Waals surface area contributed by atoms with Crippen LogP contribution in [0.4, 0.5) is 0 Å². The molecule has 134 valence electrons. The quantitative estimate of drug-likeness (QED) is 0.506. The lowest BCUT2D eigenvalue weighted by Crippen LogP contribution is -2.22. The molecule has 4 nitrogen and oxygen atoms in total. The summed E-state index contributed by atoms with van der Waals surface area (Å²) in [5.41, 5.74) is 2.58. The molecule has 0 aliphatic heterocycles. The molecule has 6 heteroatoms. The summed E-state index contributed by atoms with van der Waals surface area (Å²) in [6.07, 6.45) is 2.15. The van der Waals surface area contributed by atoms with E-state index in [9.17, 15) is 4.79 Å². The van der Waals surface area contributed by atoms with E-state index in [-0.39, 0.29) is 12.3 Å². The van der Waals surface area contributed by atoms with Crippen LogP contribution in [0, 0.1) is 0 Å². The lowest BCUT2D eigenvalue weighted by Gasteiger charge is -2.07. The fourth-order valence-corrected chi connectivity index (χ4v) is 4.34. The van der Waals surface area contributed by atoms with Gasteiger partial charge in [0.05, 0.1) is 17.0 Å². The van der Waals surface area contributed by atoms with Crippen molar-refractivity contribution in [2.75, 3.05) is 0 Å². The summed E-state index contributed by atoms with van der Waals surface area (Å²) in [7, 11) is 0. The van der Waals surface area contributed by atoms with Gasteiger partial charge in [-0.25, -0.2) is 4.98 Å². The van der Waals surface area contributed by atoms with E-state index >= 15 is 0 Å². The molecule has 0 aliphatic carbocycles. The fraction of sp³-hybridized carbons (Fsp3) is 0.0952. The van der Waals surface area contributed by atoms with Gasteiger partial charge in [0, 0.05) is 18.1 Å². The molecule has 0 bridgehead atoms. The predicted molar refractivity (Wildman–Crippen MR) is 110 cm³/mol. The van der Waals surface area contributed by atoms with Crippen LogP contribution in [-0.2, 0) is 17.8 Å². The molecule has 0 unspecified atom stereocenters. The Morgan fingerprint density at radius 1 is 1.00 bits per heavy atom. The van der Waals surface area contributed by atoms with Gasteiger partial charge in [-0.3, -0.25) is 4.79 Å². The first-order valence-corrected chi connectivity index (χ1v) is 10.3. The maximum Gasteiger partial charge on any atom is 0.253 e. The number of rotatable bonds is 5. The Morgan fingerprint density at radius 3 is 2.67 bits per heavy atom. The standard InChI is InChI=1S/C21H17N3OS2/c25-20(13-17-15-27-21(22-17)18-9-6-12-26-18)23-19-10-4-5-11-24(19)14-16-7-2-1-3-8-16/h1-12,15H,13-14H2. The highest BCUT2D eigenvalue weighted by atomic mass is 32.1. The lowest BCUT2D eigenvalue weighted by molar-refractivity contribution is -0.117. The van der Waals surface area contributed by atoms with Crippen molar-refractivity contribution in [3.05, 3.63) is 94.4 Å². The number of amides is 1. The van der Waals surface area contributed by atoms with Crippen molar-refractivity contribution >= 4 is 28.6 Å². The molecule has 0 fully saturated rings. The number of carbonyl (C=O) groups excluding carboxylic acids is 1. The first-order valence-electron chi connectivity index (χ1n) is 8.53. The topological polar surface area (TPSA) is 47.2 Å². The summed E-state index contributed by atoms with van der Waals surface area (Å²) in [5, 5.41) is 4.91. The monoisotopic (exact) mass is 391 g/mol. The number of hydrogen-bond acceptors (Lipinski definition) is 4. The van der Waals surface area contributed by atoms with Crippen molar-refractivity contribution in [1.29, 1.82) is 0 Å². The summed E-state index contributed by atoms with van der Waals surface area (Å²) in [6, 6.07) is 19.9. The average Bonchev–Trinajstić information content (AvgIpc) is 3.36. The molecule has 0 atom stereocenters. The molecule has 1 aromatic carbocycles. The molecule has 3 aromatic heterocycles. The largest absolute Gasteiger partial charge is 0.328 e. The Labute approximate surface area is 165 Å². The van der Waals surface area contributed by atoms with Crippen LogP contribution in [0.1, 0.15) is 11.3 Å². The van der Waals surface area contributed by atoms with E-state index in [2.05, 4.69) is 22.1 Å². The Bertz CT molecular complexity index is 1100. The van der Waals surface area contributed by atoms with E-state index in [0.717, 1.165) is 21.1 Å². The third kappa shape index (κ3) is 4.48. The number of thiazole rings is 1. The minimum Gasteiger partial charge on any atom is -0.328 e. The minimum absolute atomic E-state index is 0.189. The highest BCUT2D eigenvalue weighted by Crippen LogP contribution is 2.27. The first kappa shape index (κ1) is 17.6. The Morgan fingerprint density at radius 2 is 1.85 bits per heavy atom. The summed E-state index contributed by atoms with van der Waals surface area (Å²) in [6.45, 7) is 0.674. The fourth-order valence-electron chi connectivity index (χ4n) is 2.71. The molecule has 0 aliphatic rings. The molecule has 4 rings (SSSR count). The smallest absolute Gasteiger partial charge is 0.253 e. The number of nitrogens with zero attached hydrogens (tertiary/aromatic N) is 3. The van der Waals surface area contributed by atoms with E-state index in [4.69, 9.17) is 0 Å². The van der Waals surface area contributed by atoms with Gasteiger partial charge in [-0.1, -0.05) is 42.5 Å². The van der Waals surface area contributed by atoms with Gasteiger partial charge in [0.15, 0.2) is 0 Å². The van der Waals surface area contributed by atoms with Crippen LogP contribution in [0.15, 0.2) is 82.6 Å². The Kier molecular flexibility index (Phi) is 5.37. The molecule has 4 aromatic rings. The molecular formula is C21H17N3OS2. The number of pyridine rings is 1. The van der Waals surface area contributed by atoms with E-state index in [1.54, 1.807) is 22.7 Å². The summed E-state index contributed by atoms with van der Waals surface area (Å²) >= 11 is 3.21. The number of aromatic nitrogens is 2. The van der Waals surface area contributed by atoms with Crippen molar-refractivity contribution < 1.29 is 4.79 Å². The predicted octanol–water partition coefficient (Wildman–Crippen LogP) is 4.39. The summed E-state index contributed by atoms with van der Waals surface area (Å²) in [5.74, 6) is -0.189. The van der Waals surface area contributed by atoms with E-state index in [0.29, 0.717) is 12.0 Å². The third-order valence-electron chi connectivity index (χ3n) is 3.97. The highest BCUT2D eigenvalue weighted by molar-refractivity contribution is 7.20. The van der Waals surface area contributed by atoms with Gasteiger partial charge in [-0.15, -0.1) is 22.7 Å². The molecular weight excluding hydrogens is 374 g/mol. The molecule has 0 saturated heterocycles. The van der Waals surface area contributed by atoms with E-state index in [1.165, 1.54) is 0 Å². The molecule has 27 heavy (non-hydrogen) atoms. The second-order valence-corrected chi connectivity index (χ2v) is 7.78. The van der Waals surface area contributed by atoms with Gasteiger partial charge in [0.2, 0.25) is 0 Å². The van der Waals surface area contributed by atoms with Gasteiger partial charge >= 0.3 is 0 Å². The Hall–Kier alpha value is -2.83. The normalized spacial score (nSPS) is 11.6. The molecule has 0 radical (unpaired) electrons. The molecule has 1 amide bonds. The zero-order chi connectivity index (χ0) is 18.5. The van der Waals surface area contributed by atoms with Gasteiger partial charge in [0.1, 0.15) is 10.5 Å². The van der Waals surface area contributed by atoms with Crippen LogP contribution in [0.2, 0.25) is 0 Å². The summed E-state index contributed by atoms with van der Waals surface area (Å²) < 4.78 is 1.98. The van der Waals surface area contributed by atoms with Gasteiger partial charge in [-0.2, -0.15) is 4.99 Å². The zero-order valence-corrected chi connectivity index (χ0v) is 16.1. The van der Waals surface area contributed by atoms with Crippen LogP contribution in [0.3, 0.4) is 0 Å². The van der Waals surface area contributed by atoms with Crippen molar-refractivity contribution in [1.82, 2.24) is 9.55 Å². The second kappa shape index (κ2) is 8.24. The molecule has 0 N–H and O–H groups in total. The Balaban J connectivity index is 1.53. The van der Waals surface area contributed by atoms with Crippen LogP contribution >= 0.6 is 22.7 Å². The number of carbonyl (C=O) groups is 1. The van der Waals surface area contributed by atoms with Crippen LogP contribution in [0.25, 0.3) is 9.88 Å². The molecule has 3 heterocycles. The summed E-state index contributed by atoms with van der Waals surface area (Å²) in [4.78, 5) is 22.5. The third-order valence-corrected chi connectivity index (χ3v) is 5.90. The maximum atomic E-state index is 12.5. The van der Waals surface area contributed by atoms with Crippen molar-refractivity contribution in [3.63, 3.8) is 0 Å². The van der Waals surface area contributed by atoms with Crippen LogP contribution < -0.4 is 5.49 Å². The van der Waals surface area contributed by atoms with Crippen LogP contribution in [0.5, 0.6) is 0 Å². The molecule has 0 spiro atoms. The average molecular weight is 392 g/mol.